The molecule has 0 aliphatic carbocycles. The van der Waals surface area contributed by atoms with Crippen LogP contribution in [0.2, 0.25) is 0 Å². The predicted octanol–water partition coefficient (Wildman–Crippen LogP) is 3.42. The summed E-state index contributed by atoms with van der Waals surface area (Å²) in [6.07, 6.45) is 2.44. The number of aryl methyl sites for hydroxylation is 2. The summed E-state index contributed by atoms with van der Waals surface area (Å²) >= 11 is 0. The Morgan fingerprint density at radius 3 is 2.47 bits per heavy atom. The molecule has 0 saturated heterocycles. The first-order valence-corrected chi connectivity index (χ1v) is 5.37. The van der Waals surface area contributed by atoms with Crippen LogP contribution in [-0.4, -0.2) is 4.92 Å². The molecule has 1 aromatic rings. The maximum absolute atomic E-state index is 11.0. The van der Waals surface area contributed by atoms with Gasteiger partial charge in [-0.2, -0.15) is 0 Å². The van der Waals surface area contributed by atoms with Crippen molar-refractivity contribution >= 4 is 5.69 Å². The Morgan fingerprint density at radius 2 is 2.00 bits per heavy atom. The molecule has 0 saturated carbocycles. The first kappa shape index (κ1) is 11.7. The molecule has 82 valence electrons. The van der Waals surface area contributed by atoms with Gasteiger partial charge in [-0.05, 0) is 25.3 Å². The molecule has 0 heterocycles. The van der Waals surface area contributed by atoms with Crippen molar-refractivity contribution in [1.29, 1.82) is 0 Å². The van der Waals surface area contributed by atoms with E-state index in [1.165, 1.54) is 0 Å². The zero-order chi connectivity index (χ0) is 11.4. The van der Waals surface area contributed by atoms with Crippen LogP contribution in [0.4, 0.5) is 5.69 Å². The summed E-state index contributed by atoms with van der Waals surface area (Å²) < 4.78 is 0. The minimum Gasteiger partial charge on any atom is -0.258 e. The molecule has 0 atom stereocenters. The SMILES string of the molecule is CCCc1c(C)ccc(CC)c1[N+](=O)[O-]. The van der Waals surface area contributed by atoms with Crippen LogP contribution in [0.5, 0.6) is 0 Å². The average Bonchev–Trinajstić information content (AvgIpc) is 2.20. The fraction of sp³-hybridized carbons (Fsp3) is 0.500. The van der Waals surface area contributed by atoms with Crippen LogP contribution < -0.4 is 0 Å². The van der Waals surface area contributed by atoms with Crippen molar-refractivity contribution in [3.05, 3.63) is 38.9 Å². The molecule has 3 heteroatoms. The first-order valence-electron chi connectivity index (χ1n) is 5.37. The van der Waals surface area contributed by atoms with E-state index in [2.05, 4.69) is 0 Å². The maximum atomic E-state index is 11.0. The van der Waals surface area contributed by atoms with Gasteiger partial charge in [0.2, 0.25) is 0 Å². The number of rotatable bonds is 4. The molecular weight excluding hydrogens is 190 g/mol. The van der Waals surface area contributed by atoms with Crippen LogP contribution in [0.15, 0.2) is 12.1 Å². The van der Waals surface area contributed by atoms with E-state index in [9.17, 15) is 10.1 Å². The van der Waals surface area contributed by atoms with Crippen molar-refractivity contribution < 1.29 is 4.92 Å². The van der Waals surface area contributed by atoms with Crippen LogP contribution in [0.25, 0.3) is 0 Å². The summed E-state index contributed by atoms with van der Waals surface area (Å²) in [5.41, 5.74) is 3.11. The molecule has 3 nitrogen and oxygen atoms in total. The second kappa shape index (κ2) is 4.91. The highest BCUT2D eigenvalue weighted by atomic mass is 16.6. The van der Waals surface area contributed by atoms with Crippen molar-refractivity contribution in [3.63, 3.8) is 0 Å². The molecule has 0 aliphatic heterocycles. The monoisotopic (exact) mass is 207 g/mol. The van der Waals surface area contributed by atoms with Crippen molar-refractivity contribution in [2.45, 2.75) is 40.0 Å². The molecule has 1 aromatic carbocycles. The fourth-order valence-corrected chi connectivity index (χ4v) is 1.86. The van der Waals surface area contributed by atoms with Crippen molar-refractivity contribution in [2.75, 3.05) is 0 Å². The van der Waals surface area contributed by atoms with Gasteiger partial charge in [0.15, 0.2) is 0 Å². The molecular formula is C12H17NO2. The molecule has 15 heavy (non-hydrogen) atoms. The lowest BCUT2D eigenvalue weighted by atomic mass is 9.97. The molecule has 0 radical (unpaired) electrons. The van der Waals surface area contributed by atoms with Gasteiger partial charge in [0.1, 0.15) is 0 Å². The number of nitro benzene ring substituents is 1. The minimum absolute atomic E-state index is 0.239. The van der Waals surface area contributed by atoms with Crippen molar-refractivity contribution in [2.24, 2.45) is 0 Å². The smallest absolute Gasteiger partial charge is 0.258 e. The Hall–Kier alpha value is -1.38. The van der Waals surface area contributed by atoms with E-state index in [0.29, 0.717) is 12.1 Å². The molecule has 0 unspecified atom stereocenters. The number of nitro groups is 1. The second-order valence-electron chi connectivity index (χ2n) is 3.73. The van der Waals surface area contributed by atoms with Crippen LogP contribution in [0, 0.1) is 17.0 Å². The molecule has 0 bridgehead atoms. The topological polar surface area (TPSA) is 43.1 Å². The van der Waals surface area contributed by atoms with E-state index in [4.69, 9.17) is 0 Å². The molecule has 0 amide bonds. The number of benzene rings is 1. The standard InChI is InChI=1S/C12H17NO2/c1-4-6-11-9(3)7-8-10(5-2)12(11)13(14)15/h7-8H,4-6H2,1-3H3. The maximum Gasteiger partial charge on any atom is 0.275 e. The summed E-state index contributed by atoms with van der Waals surface area (Å²) in [7, 11) is 0. The van der Waals surface area contributed by atoms with Gasteiger partial charge in [-0.1, -0.05) is 32.4 Å². The summed E-state index contributed by atoms with van der Waals surface area (Å²) in [5.74, 6) is 0. The number of hydrogen-bond acceptors (Lipinski definition) is 2. The molecule has 0 N–H and O–H groups in total. The van der Waals surface area contributed by atoms with Crippen LogP contribution in [0.1, 0.15) is 37.0 Å². The Balaban J connectivity index is 3.36. The van der Waals surface area contributed by atoms with Crippen molar-refractivity contribution in [3.8, 4) is 0 Å². The van der Waals surface area contributed by atoms with Gasteiger partial charge >= 0.3 is 0 Å². The summed E-state index contributed by atoms with van der Waals surface area (Å²) in [5, 5.41) is 11.0. The highest BCUT2D eigenvalue weighted by Gasteiger charge is 2.19. The van der Waals surface area contributed by atoms with Crippen LogP contribution in [0.3, 0.4) is 0 Å². The first-order chi connectivity index (χ1) is 7.11. The lowest BCUT2D eigenvalue weighted by Gasteiger charge is -2.08. The molecule has 1 rings (SSSR count). The Bertz CT molecular complexity index is 372. The quantitative estimate of drug-likeness (QED) is 0.560. The van der Waals surface area contributed by atoms with Gasteiger partial charge in [0, 0.05) is 11.1 Å². The number of hydrogen-bond donors (Lipinski definition) is 0. The molecule has 0 spiro atoms. The summed E-state index contributed by atoms with van der Waals surface area (Å²) in [6.45, 7) is 5.94. The minimum atomic E-state index is -0.239. The molecule has 0 aliphatic rings. The van der Waals surface area contributed by atoms with Gasteiger partial charge in [-0.15, -0.1) is 0 Å². The van der Waals surface area contributed by atoms with Crippen LogP contribution >= 0.6 is 0 Å². The lowest BCUT2D eigenvalue weighted by molar-refractivity contribution is -0.386. The predicted molar refractivity (Wildman–Crippen MR) is 61.2 cm³/mol. The van der Waals surface area contributed by atoms with Gasteiger partial charge < -0.3 is 0 Å². The highest BCUT2D eigenvalue weighted by molar-refractivity contribution is 5.51. The van der Waals surface area contributed by atoms with Crippen LogP contribution in [-0.2, 0) is 12.8 Å². The Kier molecular flexibility index (Phi) is 3.83. The van der Waals surface area contributed by atoms with E-state index in [0.717, 1.165) is 29.5 Å². The summed E-state index contributed by atoms with van der Waals surface area (Å²) in [4.78, 5) is 10.8. The summed E-state index contributed by atoms with van der Waals surface area (Å²) in [6, 6.07) is 3.85. The zero-order valence-electron chi connectivity index (χ0n) is 9.54. The third-order valence-corrected chi connectivity index (χ3v) is 2.66. The molecule has 0 fully saturated rings. The van der Waals surface area contributed by atoms with Gasteiger partial charge in [-0.25, -0.2) is 0 Å². The zero-order valence-corrected chi connectivity index (χ0v) is 9.54. The van der Waals surface area contributed by atoms with Crippen molar-refractivity contribution in [1.82, 2.24) is 0 Å². The third-order valence-electron chi connectivity index (χ3n) is 2.66. The van der Waals surface area contributed by atoms with Gasteiger partial charge in [0.05, 0.1) is 4.92 Å². The van der Waals surface area contributed by atoms with E-state index in [1.54, 1.807) is 0 Å². The highest BCUT2D eigenvalue weighted by Crippen LogP contribution is 2.28. The van der Waals surface area contributed by atoms with E-state index in [1.807, 2.05) is 32.9 Å². The van der Waals surface area contributed by atoms with E-state index in [-0.39, 0.29) is 4.92 Å². The Labute approximate surface area is 90.3 Å². The lowest BCUT2D eigenvalue weighted by Crippen LogP contribution is -2.02. The Morgan fingerprint density at radius 1 is 1.33 bits per heavy atom. The normalized spacial score (nSPS) is 10.3. The third kappa shape index (κ3) is 2.35. The van der Waals surface area contributed by atoms with E-state index >= 15 is 0 Å². The number of nitrogens with zero attached hydrogens (tertiary/aromatic N) is 1. The largest absolute Gasteiger partial charge is 0.275 e. The molecule has 0 aromatic heterocycles. The van der Waals surface area contributed by atoms with E-state index < -0.39 is 0 Å². The fourth-order valence-electron chi connectivity index (χ4n) is 1.86. The second-order valence-corrected chi connectivity index (χ2v) is 3.73. The van der Waals surface area contributed by atoms with Gasteiger partial charge in [-0.3, -0.25) is 10.1 Å². The average molecular weight is 207 g/mol. The van der Waals surface area contributed by atoms with Gasteiger partial charge in [0.25, 0.3) is 5.69 Å².